The second-order valence-electron chi connectivity index (χ2n) is 5.63. The number of nitrogens with zero attached hydrogens (tertiary/aromatic N) is 3. The van der Waals surface area contributed by atoms with Crippen molar-refractivity contribution in [2.75, 3.05) is 6.54 Å². The van der Waals surface area contributed by atoms with Crippen LogP contribution in [0.3, 0.4) is 0 Å². The molecule has 22 heavy (non-hydrogen) atoms. The highest BCUT2D eigenvalue weighted by atomic mass is 19.1. The van der Waals surface area contributed by atoms with Crippen LogP contribution in [0, 0.1) is 5.82 Å². The van der Waals surface area contributed by atoms with Crippen LogP contribution in [0.15, 0.2) is 30.7 Å². The van der Waals surface area contributed by atoms with Gasteiger partial charge in [0.25, 0.3) is 0 Å². The molecule has 5 nitrogen and oxygen atoms in total. The summed E-state index contributed by atoms with van der Waals surface area (Å²) in [6, 6.07) is 4.66. The molecular weight excluding hydrogens is 283 g/mol. The molecular formula is C16H15FN4O. The monoisotopic (exact) mass is 298 g/mol. The number of rotatable bonds is 1. The number of carbonyl (C=O) groups is 1. The van der Waals surface area contributed by atoms with Crippen LogP contribution in [0.1, 0.15) is 28.4 Å². The highest BCUT2D eigenvalue weighted by Gasteiger charge is 2.34. The van der Waals surface area contributed by atoms with E-state index in [4.69, 9.17) is 0 Å². The summed E-state index contributed by atoms with van der Waals surface area (Å²) in [6.07, 6.45) is 3.74. The second-order valence-corrected chi connectivity index (χ2v) is 5.63. The Morgan fingerprint density at radius 3 is 3.23 bits per heavy atom. The van der Waals surface area contributed by atoms with Gasteiger partial charge in [0, 0.05) is 31.4 Å². The summed E-state index contributed by atoms with van der Waals surface area (Å²) in [7, 11) is 0. The molecule has 1 N–H and O–H groups in total. The number of hydrogen-bond acceptors (Lipinski definition) is 4. The summed E-state index contributed by atoms with van der Waals surface area (Å²) in [6.45, 7) is 1.56. The number of benzene rings is 1. The van der Waals surface area contributed by atoms with Crippen molar-refractivity contribution >= 4 is 5.91 Å². The Morgan fingerprint density at radius 2 is 2.32 bits per heavy atom. The molecule has 0 radical (unpaired) electrons. The Morgan fingerprint density at radius 1 is 1.41 bits per heavy atom. The summed E-state index contributed by atoms with van der Waals surface area (Å²) in [5.74, 6) is -0.175. The van der Waals surface area contributed by atoms with Crippen LogP contribution in [0.2, 0.25) is 0 Å². The minimum atomic E-state index is -0.397. The number of nitrogens with one attached hydrogen (secondary N) is 1. The lowest BCUT2D eigenvalue weighted by atomic mass is 9.98. The molecule has 0 spiro atoms. The number of amides is 1. The van der Waals surface area contributed by atoms with Crippen LogP contribution >= 0.6 is 0 Å². The molecule has 0 saturated heterocycles. The Hall–Kier alpha value is -2.34. The minimum Gasteiger partial charge on any atom is -0.336 e. The molecule has 2 aromatic rings. The zero-order valence-corrected chi connectivity index (χ0v) is 11.9. The summed E-state index contributed by atoms with van der Waals surface area (Å²) in [5, 5.41) is 3.19. The highest BCUT2D eigenvalue weighted by molar-refractivity contribution is 5.84. The first-order valence-electron chi connectivity index (χ1n) is 7.31. The molecule has 1 aromatic heterocycles. The van der Waals surface area contributed by atoms with Crippen LogP contribution in [0.25, 0.3) is 0 Å². The van der Waals surface area contributed by atoms with Crippen molar-refractivity contribution in [1.82, 2.24) is 20.2 Å². The van der Waals surface area contributed by atoms with E-state index in [1.807, 2.05) is 6.07 Å². The average Bonchev–Trinajstić information content (AvgIpc) is 2.98. The third-order valence-corrected chi connectivity index (χ3v) is 4.38. The largest absolute Gasteiger partial charge is 0.336 e. The number of hydrogen-bond donors (Lipinski definition) is 1. The molecule has 1 atom stereocenters. The zero-order chi connectivity index (χ0) is 15.1. The second kappa shape index (κ2) is 5.14. The molecule has 0 saturated carbocycles. The van der Waals surface area contributed by atoms with Gasteiger partial charge in [0.1, 0.15) is 18.2 Å². The van der Waals surface area contributed by atoms with Gasteiger partial charge in [-0.1, -0.05) is 12.1 Å². The molecule has 1 aromatic carbocycles. The molecule has 0 unspecified atom stereocenters. The van der Waals surface area contributed by atoms with E-state index < -0.39 is 6.04 Å². The van der Waals surface area contributed by atoms with E-state index in [9.17, 15) is 9.18 Å². The summed E-state index contributed by atoms with van der Waals surface area (Å²) in [4.78, 5) is 22.8. The molecule has 0 aliphatic carbocycles. The van der Waals surface area contributed by atoms with Crippen LogP contribution < -0.4 is 5.32 Å². The van der Waals surface area contributed by atoms with E-state index in [2.05, 4.69) is 15.3 Å². The summed E-state index contributed by atoms with van der Waals surface area (Å²) < 4.78 is 13.8. The van der Waals surface area contributed by atoms with Crippen LogP contribution in [0.5, 0.6) is 0 Å². The van der Waals surface area contributed by atoms with Gasteiger partial charge in [-0.2, -0.15) is 0 Å². The van der Waals surface area contributed by atoms with E-state index in [-0.39, 0.29) is 11.7 Å². The van der Waals surface area contributed by atoms with Crippen LogP contribution in [0.4, 0.5) is 4.39 Å². The van der Waals surface area contributed by atoms with Crippen molar-refractivity contribution in [1.29, 1.82) is 0 Å². The normalized spacial score (nSPS) is 19.7. The number of aromatic nitrogens is 2. The molecule has 6 heteroatoms. The molecule has 112 valence electrons. The van der Waals surface area contributed by atoms with Gasteiger partial charge in [0.05, 0.1) is 5.69 Å². The lowest BCUT2D eigenvalue weighted by Gasteiger charge is -2.31. The fraction of sp³-hybridized carbons (Fsp3) is 0.312. The van der Waals surface area contributed by atoms with Crippen molar-refractivity contribution in [3.63, 3.8) is 0 Å². The zero-order valence-electron chi connectivity index (χ0n) is 11.9. The lowest BCUT2D eigenvalue weighted by molar-refractivity contribution is -0.134. The number of carbonyl (C=O) groups excluding carboxylic acids is 1. The van der Waals surface area contributed by atoms with Crippen LogP contribution in [-0.4, -0.2) is 27.3 Å². The van der Waals surface area contributed by atoms with Gasteiger partial charge in [0.15, 0.2) is 0 Å². The predicted octanol–water partition coefficient (Wildman–Crippen LogP) is 1.34. The maximum absolute atomic E-state index is 13.8. The SMILES string of the molecule is O=C([C@@H]1NCc2ncncc21)N1CCc2c(F)cccc2C1. The van der Waals surface area contributed by atoms with Gasteiger partial charge in [-0.05, 0) is 23.6 Å². The molecule has 2 aliphatic rings. The first-order valence-corrected chi connectivity index (χ1v) is 7.31. The third kappa shape index (κ3) is 2.07. The molecule has 1 amide bonds. The van der Waals surface area contributed by atoms with E-state index >= 15 is 0 Å². The van der Waals surface area contributed by atoms with Crippen molar-refractivity contribution in [3.05, 3.63) is 58.9 Å². The van der Waals surface area contributed by atoms with Crippen molar-refractivity contribution in [2.45, 2.75) is 25.6 Å². The maximum atomic E-state index is 13.8. The standard InChI is InChI=1S/C16H15FN4O/c17-13-3-1-2-10-8-21(5-4-11(10)13)16(22)15-12-6-18-9-20-14(12)7-19-15/h1-3,6,9,15,19H,4-5,7-8H2/t15-/m1/s1. The van der Waals surface area contributed by atoms with Crippen molar-refractivity contribution in [2.24, 2.45) is 0 Å². The van der Waals surface area contributed by atoms with E-state index in [1.165, 1.54) is 12.4 Å². The third-order valence-electron chi connectivity index (χ3n) is 4.38. The highest BCUT2D eigenvalue weighted by Crippen LogP contribution is 2.28. The lowest BCUT2D eigenvalue weighted by Crippen LogP contribution is -2.41. The maximum Gasteiger partial charge on any atom is 0.244 e. The molecule has 0 fully saturated rings. The molecule has 4 rings (SSSR count). The first-order chi connectivity index (χ1) is 10.7. The smallest absolute Gasteiger partial charge is 0.244 e. The number of halogens is 1. The van der Waals surface area contributed by atoms with Crippen molar-refractivity contribution in [3.8, 4) is 0 Å². The first kappa shape index (κ1) is 13.3. The Bertz CT molecular complexity index is 749. The quantitative estimate of drug-likeness (QED) is 0.863. The average molecular weight is 298 g/mol. The fourth-order valence-corrected chi connectivity index (χ4v) is 3.22. The van der Waals surface area contributed by atoms with Crippen LogP contribution in [-0.2, 0) is 24.3 Å². The minimum absolute atomic E-state index is 0.00320. The van der Waals surface area contributed by atoms with Gasteiger partial charge >= 0.3 is 0 Å². The molecule has 0 bridgehead atoms. The Labute approximate surface area is 127 Å². The van der Waals surface area contributed by atoms with E-state index in [0.29, 0.717) is 26.1 Å². The predicted molar refractivity (Wildman–Crippen MR) is 77.1 cm³/mol. The van der Waals surface area contributed by atoms with Crippen molar-refractivity contribution < 1.29 is 9.18 Å². The number of fused-ring (bicyclic) bond motifs is 2. The van der Waals surface area contributed by atoms with Gasteiger partial charge < -0.3 is 4.90 Å². The fourth-order valence-electron chi connectivity index (χ4n) is 3.22. The van der Waals surface area contributed by atoms with Gasteiger partial charge in [-0.15, -0.1) is 0 Å². The van der Waals surface area contributed by atoms with Gasteiger partial charge in [0.2, 0.25) is 5.91 Å². The Balaban J connectivity index is 1.58. The molecule has 3 heterocycles. The van der Waals surface area contributed by atoms with E-state index in [0.717, 1.165) is 22.4 Å². The summed E-state index contributed by atoms with van der Waals surface area (Å²) in [5.41, 5.74) is 3.34. The molecule has 2 aliphatic heterocycles. The summed E-state index contributed by atoms with van der Waals surface area (Å²) >= 11 is 0. The van der Waals surface area contributed by atoms with E-state index in [1.54, 1.807) is 17.2 Å². The van der Waals surface area contributed by atoms with Gasteiger partial charge in [-0.3, -0.25) is 10.1 Å². The topological polar surface area (TPSA) is 58.1 Å². The Kier molecular flexibility index (Phi) is 3.11. The van der Waals surface area contributed by atoms with Gasteiger partial charge in [-0.25, -0.2) is 14.4 Å².